The zero-order valence-electron chi connectivity index (χ0n) is 16.8. The molecule has 0 spiro atoms. The molecule has 0 radical (unpaired) electrons. The van der Waals surface area contributed by atoms with Crippen molar-refractivity contribution in [2.75, 3.05) is 26.2 Å². The van der Waals surface area contributed by atoms with E-state index in [9.17, 15) is 9.59 Å². The van der Waals surface area contributed by atoms with Gasteiger partial charge in [0.05, 0.1) is 6.04 Å². The molecule has 4 aliphatic heterocycles. The number of Topliss-reactive ketones (excluding diaryl/α,β-unsaturated/α-hetero) is 1. The fourth-order valence-corrected chi connectivity index (χ4v) is 4.97. The highest BCUT2D eigenvalue weighted by Crippen LogP contribution is 2.29. The Morgan fingerprint density at radius 1 is 1.04 bits per heavy atom. The van der Waals surface area contributed by atoms with Gasteiger partial charge in [0.2, 0.25) is 5.91 Å². The molecule has 0 aromatic heterocycles. The Hall–Kier alpha value is -1.76. The summed E-state index contributed by atoms with van der Waals surface area (Å²) in [6.45, 7) is 5.61. The smallest absolute Gasteiger partial charge is 0.241 e. The van der Waals surface area contributed by atoms with Crippen LogP contribution in [0.3, 0.4) is 0 Å². The Bertz CT molecular complexity index is 695. The lowest BCUT2D eigenvalue weighted by atomic mass is 9.94. The van der Waals surface area contributed by atoms with Crippen LogP contribution in [-0.4, -0.2) is 65.8 Å². The first-order chi connectivity index (χ1) is 13.6. The molecule has 6 nitrogen and oxygen atoms in total. The van der Waals surface area contributed by atoms with Crippen molar-refractivity contribution in [3.63, 3.8) is 0 Å². The summed E-state index contributed by atoms with van der Waals surface area (Å²) >= 11 is 0. The summed E-state index contributed by atoms with van der Waals surface area (Å²) in [4.78, 5) is 29.4. The first kappa shape index (κ1) is 19.6. The van der Waals surface area contributed by atoms with Crippen LogP contribution >= 0.6 is 0 Å². The van der Waals surface area contributed by atoms with E-state index in [4.69, 9.17) is 0 Å². The second kappa shape index (κ2) is 8.72. The van der Waals surface area contributed by atoms with Crippen molar-refractivity contribution in [2.24, 2.45) is 5.92 Å². The van der Waals surface area contributed by atoms with Crippen LogP contribution in [-0.2, 0) is 16.0 Å². The molecule has 1 amide bonds. The first-order valence-corrected chi connectivity index (χ1v) is 10.7. The highest BCUT2D eigenvalue weighted by molar-refractivity contribution is 5.87. The van der Waals surface area contributed by atoms with Gasteiger partial charge in [-0.25, -0.2) is 10.9 Å². The van der Waals surface area contributed by atoms with Crippen molar-refractivity contribution in [3.8, 4) is 0 Å². The fraction of sp³-hybridized carbons (Fsp3) is 0.636. The summed E-state index contributed by atoms with van der Waals surface area (Å²) in [7, 11) is 0. The molecule has 152 valence electrons. The number of aryl methyl sites for hydroxylation is 1. The van der Waals surface area contributed by atoms with Gasteiger partial charge in [0.1, 0.15) is 11.8 Å². The van der Waals surface area contributed by atoms with Gasteiger partial charge in [-0.1, -0.05) is 30.3 Å². The molecule has 0 aliphatic carbocycles. The van der Waals surface area contributed by atoms with Crippen molar-refractivity contribution in [2.45, 2.75) is 57.2 Å². The molecule has 4 fully saturated rings. The molecule has 4 aliphatic rings. The van der Waals surface area contributed by atoms with Crippen molar-refractivity contribution in [1.29, 1.82) is 0 Å². The molecule has 4 saturated heterocycles. The number of piperidine rings is 1. The average Bonchev–Trinajstić information content (AvgIpc) is 3.04. The lowest BCUT2D eigenvalue weighted by molar-refractivity contribution is -0.137. The number of benzene rings is 1. The summed E-state index contributed by atoms with van der Waals surface area (Å²) < 4.78 is 0. The standard InChI is InChI=1S/C22H32N4O2/c1-16(27)20-12-21(24-23-20)22(28)26-14-18-9-10-19(26)15-25(13-18)11-5-8-17-6-3-2-4-7-17/h2-4,6-7,18-21,23-24H,5,8-15H2,1H3/t18-,19+,20?,21?/m0/s1. The van der Waals surface area contributed by atoms with Gasteiger partial charge in [-0.05, 0) is 57.1 Å². The first-order valence-electron chi connectivity index (χ1n) is 10.7. The van der Waals surface area contributed by atoms with E-state index >= 15 is 0 Å². The lowest BCUT2D eigenvalue weighted by Crippen LogP contribution is -2.53. The number of hydrazine groups is 1. The molecule has 1 aromatic carbocycles. The Kier molecular flexibility index (Phi) is 6.09. The van der Waals surface area contributed by atoms with Gasteiger partial charge in [0.25, 0.3) is 0 Å². The van der Waals surface area contributed by atoms with Gasteiger partial charge >= 0.3 is 0 Å². The molecular weight excluding hydrogens is 352 g/mol. The molecular formula is C22H32N4O2. The zero-order valence-corrected chi connectivity index (χ0v) is 16.8. The average molecular weight is 385 g/mol. The highest BCUT2D eigenvalue weighted by atomic mass is 16.2. The molecule has 5 rings (SSSR count). The van der Waals surface area contributed by atoms with Gasteiger partial charge in [0, 0.05) is 25.7 Å². The lowest BCUT2D eigenvalue weighted by Gasteiger charge is -2.37. The van der Waals surface area contributed by atoms with Crippen LogP contribution in [0.15, 0.2) is 30.3 Å². The summed E-state index contributed by atoms with van der Waals surface area (Å²) in [5.74, 6) is 0.819. The van der Waals surface area contributed by atoms with Crippen LogP contribution in [0.25, 0.3) is 0 Å². The molecule has 4 atom stereocenters. The Balaban J connectivity index is 1.32. The Labute approximate surface area is 167 Å². The number of nitrogens with one attached hydrogen (secondary N) is 2. The van der Waals surface area contributed by atoms with Gasteiger partial charge < -0.3 is 9.80 Å². The fourth-order valence-electron chi connectivity index (χ4n) is 4.97. The minimum absolute atomic E-state index is 0.0878. The SMILES string of the molecule is CC(=O)C1CC(C(=O)N2C[C@H]3CC[C@@H]2CN(CCCc2ccccc2)C3)NN1. The van der Waals surface area contributed by atoms with Crippen LogP contribution in [0.1, 0.15) is 38.2 Å². The molecule has 2 unspecified atom stereocenters. The van der Waals surface area contributed by atoms with Crippen LogP contribution < -0.4 is 10.9 Å². The van der Waals surface area contributed by atoms with E-state index in [1.54, 1.807) is 6.92 Å². The summed E-state index contributed by atoms with van der Waals surface area (Å²) in [6, 6.07) is 10.5. The monoisotopic (exact) mass is 384 g/mol. The van der Waals surface area contributed by atoms with Gasteiger partial charge in [-0.2, -0.15) is 0 Å². The molecule has 4 heterocycles. The van der Waals surface area contributed by atoms with E-state index in [0.29, 0.717) is 18.4 Å². The summed E-state index contributed by atoms with van der Waals surface area (Å²) in [5.41, 5.74) is 7.43. The molecule has 2 N–H and O–H groups in total. The Morgan fingerprint density at radius 2 is 1.82 bits per heavy atom. The van der Waals surface area contributed by atoms with Crippen LogP contribution in [0.2, 0.25) is 0 Å². The number of ketones is 1. The number of carbonyl (C=O) groups is 2. The number of fused-ring (bicyclic) bond motifs is 4. The minimum atomic E-state index is -0.278. The number of hydrogen-bond donors (Lipinski definition) is 2. The third kappa shape index (κ3) is 4.45. The number of nitrogens with zero attached hydrogens (tertiary/aromatic N) is 2. The number of rotatable bonds is 6. The maximum atomic E-state index is 13.1. The van der Waals surface area contributed by atoms with E-state index in [-0.39, 0.29) is 23.8 Å². The normalized spacial score (nSPS) is 30.4. The summed E-state index contributed by atoms with van der Waals surface area (Å²) in [5, 5.41) is 0. The summed E-state index contributed by atoms with van der Waals surface area (Å²) in [6.07, 6.45) is 5.14. The van der Waals surface area contributed by atoms with Gasteiger partial charge in [-0.3, -0.25) is 9.59 Å². The van der Waals surface area contributed by atoms with Crippen molar-refractivity contribution >= 4 is 11.7 Å². The van der Waals surface area contributed by atoms with Crippen LogP contribution in [0, 0.1) is 5.92 Å². The van der Waals surface area contributed by atoms with Crippen molar-refractivity contribution in [3.05, 3.63) is 35.9 Å². The number of carbonyl (C=O) groups excluding carboxylic acids is 2. The van der Waals surface area contributed by atoms with Crippen LogP contribution in [0.5, 0.6) is 0 Å². The van der Waals surface area contributed by atoms with Gasteiger partial charge in [0.15, 0.2) is 0 Å². The molecule has 0 saturated carbocycles. The van der Waals surface area contributed by atoms with E-state index in [1.807, 2.05) is 0 Å². The second-order valence-electron chi connectivity index (χ2n) is 8.68. The predicted molar refractivity (Wildman–Crippen MR) is 109 cm³/mol. The predicted octanol–water partition coefficient (Wildman–Crippen LogP) is 1.37. The third-order valence-corrected chi connectivity index (χ3v) is 6.55. The highest BCUT2D eigenvalue weighted by Gasteiger charge is 2.41. The Morgan fingerprint density at radius 3 is 2.57 bits per heavy atom. The topological polar surface area (TPSA) is 64.7 Å². The van der Waals surface area contributed by atoms with Crippen molar-refractivity contribution in [1.82, 2.24) is 20.7 Å². The third-order valence-electron chi connectivity index (χ3n) is 6.55. The quantitative estimate of drug-likeness (QED) is 0.776. The molecule has 1 aromatic rings. The van der Waals surface area contributed by atoms with Gasteiger partial charge in [-0.15, -0.1) is 0 Å². The minimum Gasteiger partial charge on any atom is -0.337 e. The molecule has 2 bridgehead atoms. The zero-order chi connectivity index (χ0) is 19.5. The maximum absolute atomic E-state index is 13.1. The maximum Gasteiger partial charge on any atom is 0.241 e. The largest absolute Gasteiger partial charge is 0.337 e. The molecule has 28 heavy (non-hydrogen) atoms. The second-order valence-corrected chi connectivity index (χ2v) is 8.68. The van der Waals surface area contributed by atoms with E-state index in [0.717, 1.165) is 45.4 Å². The number of hydrogen-bond acceptors (Lipinski definition) is 5. The van der Waals surface area contributed by atoms with E-state index in [2.05, 4.69) is 51.0 Å². The number of amides is 1. The molecule has 6 heteroatoms. The van der Waals surface area contributed by atoms with Crippen molar-refractivity contribution < 1.29 is 9.59 Å². The van der Waals surface area contributed by atoms with Crippen LogP contribution in [0.4, 0.5) is 0 Å². The van der Waals surface area contributed by atoms with E-state index in [1.165, 1.54) is 12.0 Å². The van der Waals surface area contributed by atoms with E-state index < -0.39 is 0 Å².